The normalized spacial score (nSPS) is 10.1. The van der Waals surface area contributed by atoms with Crippen LogP contribution < -0.4 is 10.5 Å². The maximum atomic E-state index is 11.3. The van der Waals surface area contributed by atoms with E-state index in [1.165, 1.54) is 19.5 Å². The van der Waals surface area contributed by atoms with E-state index < -0.39 is 5.97 Å². The molecule has 1 aromatic heterocycles. The fraction of sp³-hybridized carbons (Fsp3) is 0.214. The summed E-state index contributed by atoms with van der Waals surface area (Å²) in [7, 11) is 1.29. The number of ether oxygens (including phenoxy) is 2. The smallest absolute Gasteiger partial charge is 0.358 e. The Labute approximate surface area is 116 Å². The molecule has 1 aromatic carbocycles. The van der Waals surface area contributed by atoms with Gasteiger partial charge < -0.3 is 15.2 Å². The van der Waals surface area contributed by atoms with E-state index in [1.807, 2.05) is 24.3 Å². The van der Waals surface area contributed by atoms with Crippen LogP contribution in [0, 0.1) is 0 Å². The number of benzene rings is 1. The Morgan fingerprint density at radius 3 is 2.85 bits per heavy atom. The third-order valence-electron chi connectivity index (χ3n) is 2.68. The summed E-state index contributed by atoms with van der Waals surface area (Å²) in [4.78, 5) is 19.2. The molecule has 104 valence electrons. The molecule has 0 aliphatic heterocycles. The molecule has 0 unspecified atom stereocenters. The molecule has 0 saturated heterocycles. The van der Waals surface area contributed by atoms with E-state index in [2.05, 4.69) is 14.7 Å². The molecule has 2 rings (SSSR count). The number of nitrogens with two attached hydrogens (primary N) is 1. The topological polar surface area (TPSA) is 87.3 Å². The molecule has 0 aliphatic carbocycles. The first-order chi connectivity index (χ1) is 9.70. The van der Waals surface area contributed by atoms with Crippen LogP contribution in [0.1, 0.15) is 16.1 Å². The van der Waals surface area contributed by atoms with Gasteiger partial charge in [0.05, 0.1) is 26.1 Å². The molecule has 0 spiro atoms. The Morgan fingerprint density at radius 1 is 1.30 bits per heavy atom. The molecule has 0 amide bonds. The van der Waals surface area contributed by atoms with Gasteiger partial charge in [-0.3, -0.25) is 4.98 Å². The van der Waals surface area contributed by atoms with Crippen molar-refractivity contribution in [2.24, 2.45) is 0 Å². The third kappa shape index (κ3) is 3.44. The van der Waals surface area contributed by atoms with Crippen molar-refractivity contribution in [2.45, 2.75) is 6.42 Å². The van der Waals surface area contributed by atoms with Crippen LogP contribution in [0.4, 0.5) is 5.69 Å². The Kier molecular flexibility index (Phi) is 4.49. The van der Waals surface area contributed by atoms with Gasteiger partial charge in [0, 0.05) is 12.1 Å². The molecule has 0 fully saturated rings. The minimum atomic E-state index is -0.546. The van der Waals surface area contributed by atoms with E-state index in [9.17, 15) is 4.79 Å². The van der Waals surface area contributed by atoms with Crippen molar-refractivity contribution in [1.29, 1.82) is 0 Å². The van der Waals surface area contributed by atoms with Gasteiger partial charge in [-0.2, -0.15) is 0 Å². The fourth-order valence-electron chi connectivity index (χ4n) is 1.65. The first-order valence-corrected chi connectivity index (χ1v) is 6.07. The van der Waals surface area contributed by atoms with Crippen molar-refractivity contribution in [1.82, 2.24) is 9.97 Å². The second kappa shape index (κ2) is 6.51. The fourth-order valence-corrected chi connectivity index (χ4v) is 1.65. The SMILES string of the molecule is COC(=O)c1cncc(OCCc2ccccc2N)n1. The number of anilines is 1. The van der Waals surface area contributed by atoms with Gasteiger partial charge in [-0.05, 0) is 11.6 Å². The Morgan fingerprint density at radius 2 is 2.10 bits per heavy atom. The summed E-state index contributed by atoms with van der Waals surface area (Å²) in [6.07, 6.45) is 3.42. The number of methoxy groups -OCH3 is 1. The quantitative estimate of drug-likeness (QED) is 0.655. The molecule has 6 heteroatoms. The Bertz CT molecular complexity index is 602. The number of carbonyl (C=O) groups excluding carboxylic acids is 1. The summed E-state index contributed by atoms with van der Waals surface area (Å²) >= 11 is 0. The molecule has 0 radical (unpaired) electrons. The lowest BCUT2D eigenvalue weighted by atomic mass is 10.1. The molecule has 2 N–H and O–H groups in total. The second-order valence-electron chi connectivity index (χ2n) is 4.03. The van der Waals surface area contributed by atoms with Gasteiger partial charge in [0.15, 0.2) is 5.69 Å². The zero-order valence-corrected chi connectivity index (χ0v) is 11.1. The number of para-hydroxylation sites is 1. The molecule has 0 aliphatic rings. The predicted octanol–water partition coefficient (Wildman–Crippen LogP) is 1.47. The van der Waals surface area contributed by atoms with Crippen molar-refractivity contribution in [3.63, 3.8) is 0 Å². The van der Waals surface area contributed by atoms with Crippen LogP contribution >= 0.6 is 0 Å². The van der Waals surface area contributed by atoms with Crippen LogP contribution in [0.5, 0.6) is 5.88 Å². The van der Waals surface area contributed by atoms with Gasteiger partial charge in [-0.25, -0.2) is 9.78 Å². The Balaban J connectivity index is 1.94. The molecular weight excluding hydrogens is 258 g/mol. The van der Waals surface area contributed by atoms with Gasteiger partial charge >= 0.3 is 5.97 Å². The Hall–Kier alpha value is -2.63. The summed E-state index contributed by atoms with van der Waals surface area (Å²) in [5, 5.41) is 0. The number of rotatable bonds is 5. The first kappa shape index (κ1) is 13.8. The van der Waals surface area contributed by atoms with E-state index in [0.717, 1.165) is 11.3 Å². The first-order valence-electron chi connectivity index (χ1n) is 6.07. The molecule has 1 heterocycles. The zero-order valence-electron chi connectivity index (χ0n) is 11.1. The van der Waals surface area contributed by atoms with Crippen molar-refractivity contribution in [3.05, 3.63) is 47.9 Å². The van der Waals surface area contributed by atoms with Crippen molar-refractivity contribution in [2.75, 3.05) is 19.5 Å². The van der Waals surface area contributed by atoms with E-state index >= 15 is 0 Å². The summed E-state index contributed by atoms with van der Waals surface area (Å²) < 4.78 is 10.0. The number of nitrogen functional groups attached to an aromatic ring is 1. The van der Waals surface area contributed by atoms with Crippen LogP contribution in [-0.2, 0) is 11.2 Å². The van der Waals surface area contributed by atoms with Gasteiger partial charge in [-0.15, -0.1) is 0 Å². The number of hydrogen-bond donors (Lipinski definition) is 1. The highest BCUT2D eigenvalue weighted by molar-refractivity contribution is 5.86. The summed E-state index contributed by atoms with van der Waals surface area (Å²) in [5.74, 6) is -0.266. The van der Waals surface area contributed by atoms with Crippen molar-refractivity contribution >= 4 is 11.7 Å². The molecule has 0 atom stereocenters. The molecule has 0 saturated carbocycles. The van der Waals surface area contributed by atoms with E-state index in [4.69, 9.17) is 10.5 Å². The minimum Gasteiger partial charge on any atom is -0.476 e. The van der Waals surface area contributed by atoms with Crippen molar-refractivity contribution in [3.8, 4) is 5.88 Å². The maximum Gasteiger partial charge on any atom is 0.358 e. The van der Waals surface area contributed by atoms with Crippen LogP contribution in [0.15, 0.2) is 36.7 Å². The monoisotopic (exact) mass is 273 g/mol. The predicted molar refractivity (Wildman–Crippen MR) is 73.4 cm³/mol. The highest BCUT2D eigenvalue weighted by atomic mass is 16.5. The summed E-state index contributed by atoms with van der Waals surface area (Å²) in [6.45, 7) is 0.396. The number of hydrogen-bond acceptors (Lipinski definition) is 6. The standard InChI is InChI=1S/C14H15N3O3/c1-19-14(18)12-8-16-9-13(17-12)20-7-6-10-4-2-3-5-11(10)15/h2-5,8-9H,6-7,15H2,1H3. The molecule has 20 heavy (non-hydrogen) atoms. The van der Waals surface area contributed by atoms with Gasteiger partial charge in [0.1, 0.15) is 0 Å². The average Bonchev–Trinajstić information content (AvgIpc) is 2.49. The summed E-state index contributed by atoms with van der Waals surface area (Å²) in [5.41, 5.74) is 7.68. The van der Waals surface area contributed by atoms with Crippen LogP contribution in [0.25, 0.3) is 0 Å². The van der Waals surface area contributed by atoms with E-state index in [0.29, 0.717) is 13.0 Å². The summed E-state index contributed by atoms with van der Waals surface area (Å²) in [6, 6.07) is 7.58. The molecule has 2 aromatic rings. The van der Waals surface area contributed by atoms with Crippen LogP contribution in [0.3, 0.4) is 0 Å². The number of nitrogens with zero attached hydrogens (tertiary/aromatic N) is 2. The lowest BCUT2D eigenvalue weighted by Crippen LogP contribution is -2.09. The number of esters is 1. The van der Waals surface area contributed by atoms with E-state index in [1.54, 1.807) is 0 Å². The largest absolute Gasteiger partial charge is 0.476 e. The van der Waals surface area contributed by atoms with Gasteiger partial charge in [-0.1, -0.05) is 18.2 Å². The van der Waals surface area contributed by atoms with Crippen LogP contribution in [-0.4, -0.2) is 29.7 Å². The number of aromatic nitrogens is 2. The van der Waals surface area contributed by atoms with Gasteiger partial charge in [0.2, 0.25) is 5.88 Å². The third-order valence-corrected chi connectivity index (χ3v) is 2.68. The molecule has 6 nitrogen and oxygen atoms in total. The molecule has 0 bridgehead atoms. The van der Waals surface area contributed by atoms with Gasteiger partial charge in [0.25, 0.3) is 0 Å². The highest BCUT2D eigenvalue weighted by Crippen LogP contribution is 2.12. The zero-order chi connectivity index (χ0) is 14.4. The van der Waals surface area contributed by atoms with Crippen LogP contribution in [0.2, 0.25) is 0 Å². The minimum absolute atomic E-state index is 0.115. The second-order valence-corrected chi connectivity index (χ2v) is 4.03. The maximum absolute atomic E-state index is 11.3. The lowest BCUT2D eigenvalue weighted by molar-refractivity contribution is 0.0592. The average molecular weight is 273 g/mol. The lowest BCUT2D eigenvalue weighted by Gasteiger charge is -2.07. The highest BCUT2D eigenvalue weighted by Gasteiger charge is 2.09. The number of carbonyl (C=O) groups is 1. The molecular formula is C14H15N3O3. The van der Waals surface area contributed by atoms with Crippen molar-refractivity contribution < 1.29 is 14.3 Å². The van der Waals surface area contributed by atoms with E-state index in [-0.39, 0.29) is 11.6 Å².